The van der Waals surface area contributed by atoms with Gasteiger partial charge in [-0.05, 0) is 60.4 Å². The van der Waals surface area contributed by atoms with E-state index in [0.717, 1.165) is 51.3 Å². The van der Waals surface area contributed by atoms with E-state index in [9.17, 15) is 0 Å². The number of ether oxygens (including phenoxy) is 2. The normalized spacial score (nSPS) is 11.2. The van der Waals surface area contributed by atoms with Gasteiger partial charge in [0.25, 0.3) is 0 Å². The standard InChI is InChI=1S/C28H29ClN4O2S/c1-3-8-27-31-32-28(36-20-22-11-14-24(29)15-12-22)33(27)30-18-23-13-16-25(26(17-23)34-4-2)35-19-21-9-6-5-7-10-21/h5-7,9-18H,3-4,8,19-20H2,1-2H3/b30-18-. The lowest BCUT2D eigenvalue weighted by Gasteiger charge is -2.12. The van der Waals surface area contributed by atoms with Crippen LogP contribution in [0, 0.1) is 0 Å². The lowest BCUT2D eigenvalue weighted by atomic mass is 10.2. The number of thioether (sulfide) groups is 1. The van der Waals surface area contributed by atoms with Gasteiger partial charge in [0, 0.05) is 17.2 Å². The summed E-state index contributed by atoms with van der Waals surface area (Å²) in [5.41, 5.74) is 3.16. The average molecular weight is 521 g/mol. The summed E-state index contributed by atoms with van der Waals surface area (Å²) >= 11 is 7.60. The van der Waals surface area contributed by atoms with Crippen molar-refractivity contribution in [2.75, 3.05) is 6.61 Å². The summed E-state index contributed by atoms with van der Waals surface area (Å²) in [7, 11) is 0. The molecule has 1 aromatic heterocycles. The molecule has 3 aromatic carbocycles. The van der Waals surface area contributed by atoms with E-state index >= 15 is 0 Å². The lowest BCUT2D eigenvalue weighted by Crippen LogP contribution is -2.02. The van der Waals surface area contributed by atoms with Crippen LogP contribution in [-0.4, -0.2) is 27.7 Å². The van der Waals surface area contributed by atoms with Gasteiger partial charge >= 0.3 is 0 Å². The van der Waals surface area contributed by atoms with E-state index in [0.29, 0.717) is 24.7 Å². The van der Waals surface area contributed by atoms with Crippen molar-refractivity contribution in [3.05, 3.63) is 100 Å². The molecule has 0 spiro atoms. The van der Waals surface area contributed by atoms with Gasteiger partial charge in [-0.15, -0.1) is 10.2 Å². The zero-order valence-electron chi connectivity index (χ0n) is 20.4. The molecule has 0 bridgehead atoms. The van der Waals surface area contributed by atoms with Crippen LogP contribution in [0.15, 0.2) is 83.1 Å². The molecular weight excluding hydrogens is 492 g/mol. The minimum absolute atomic E-state index is 0.476. The van der Waals surface area contributed by atoms with Gasteiger partial charge in [0.05, 0.1) is 12.8 Å². The fourth-order valence-corrected chi connectivity index (χ4v) is 4.45. The van der Waals surface area contributed by atoms with Gasteiger partial charge in [0.15, 0.2) is 17.3 Å². The Morgan fingerprint density at radius 3 is 2.47 bits per heavy atom. The van der Waals surface area contributed by atoms with E-state index in [4.69, 9.17) is 26.2 Å². The van der Waals surface area contributed by atoms with Gasteiger partial charge in [0.2, 0.25) is 5.16 Å². The molecule has 0 saturated heterocycles. The second kappa shape index (κ2) is 13.1. The second-order valence-electron chi connectivity index (χ2n) is 8.03. The van der Waals surface area contributed by atoms with Gasteiger partial charge in [-0.25, -0.2) is 0 Å². The van der Waals surface area contributed by atoms with Gasteiger partial charge in [-0.2, -0.15) is 9.78 Å². The zero-order valence-corrected chi connectivity index (χ0v) is 22.0. The summed E-state index contributed by atoms with van der Waals surface area (Å²) in [6.45, 7) is 5.09. The molecule has 8 heteroatoms. The third-order valence-corrected chi connectivity index (χ3v) is 6.50. The van der Waals surface area contributed by atoms with Gasteiger partial charge in [-0.3, -0.25) is 0 Å². The predicted molar refractivity (Wildman–Crippen MR) is 146 cm³/mol. The Morgan fingerprint density at radius 2 is 1.72 bits per heavy atom. The van der Waals surface area contributed by atoms with Crippen molar-refractivity contribution in [1.29, 1.82) is 0 Å². The molecule has 186 valence electrons. The van der Waals surface area contributed by atoms with Crippen LogP contribution >= 0.6 is 23.4 Å². The summed E-state index contributed by atoms with van der Waals surface area (Å²) in [5.74, 6) is 2.97. The molecule has 0 saturated carbocycles. The Hall–Kier alpha value is -3.29. The Labute approximate surface area is 221 Å². The average Bonchev–Trinajstić information content (AvgIpc) is 3.29. The van der Waals surface area contributed by atoms with Crippen molar-refractivity contribution >= 4 is 29.6 Å². The fraction of sp³-hybridized carbons (Fsp3) is 0.250. The van der Waals surface area contributed by atoms with Crippen LogP contribution in [0.5, 0.6) is 11.5 Å². The molecule has 0 N–H and O–H groups in total. The molecule has 0 aliphatic heterocycles. The third kappa shape index (κ3) is 7.12. The van der Waals surface area contributed by atoms with E-state index in [1.54, 1.807) is 18.0 Å². The molecule has 0 aliphatic carbocycles. The molecule has 0 fully saturated rings. The molecule has 36 heavy (non-hydrogen) atoms. The number of rotatable bonds is 12. The first-order chi connectivity index (χ1) is 17.7. The van der Waals surface area contributed by atoms with Crippen LogP contribution in [0.2, 0.25) is 5.02 Å². The van der Waals surface area contributed by atoms with Gasteiger partial charge < -0.3 is 9.47 Å². The summed E-state index contributed by atoms with van der Waals surface area (Å²) in [6, 6.07) is 23.7. The molecule has 0 atom stereocenters. The maximum Gasteiger partial charge on any atom is 0.212 e. The van der Waals surface area contributed by atoms with E-state index in [1.807, 2.05) is 84.4 Å². The molecule has 4 rings (SSSR count). The van der Waals surface area contributed by atoms with E-state index in [-0.39, 0.29) is 0 Å². The van der Waals surface area contributed by atoms with Crippen LogP contribution in [0.25, 0.3) is 0 Å². The maximum atomic E-state index is 6.03. The highest BCUT2D eigenvalue weighted by molar-refractivity contribution is 7.98. The topological polar surface area (TPSA) is 61.5 Å². The highest BCUT2D eigenvalue weighted by Gasteiger charge is 2.12. The maximum absolute atomic E-state index is 6.03. The summed E-state index contributed by atoms with van der Waals surface area (Å²) in [5, 5.41) is 15.0. The van der Waals surface area contributed by atoms with Crippen molar-refractivity contribution in [1.82, 2.24) is 14.9 Å². The largest absolute Gasteiger partial charge is 0.490 e. The Balaban J connectivity index is 1.51. The number of halogens is 1. The molecule has 6 nitrogen and oxygen atoms in total. The van der Waals surface area contributed by atoms with Crippen LogP contribution in [0.4, 0.5) is 0 Å². The van der Waals surface area contributed by atoms with E-state index in [2.05, 4.69) is 17.1 Å². The Bertz CT molecular complexity index is 1280. The van der Waals surface area contributed by atoms with Crippen LogP contribution in [0.1, 0.15) is 42.8 Å². The minimum Gasteiger partial charge on any atom is -0.490 e. The van der Waals surface area contributed by atoms with Crippen LogP contribution in [-0.2, 0) is 18.8 Å². The van der Waals surface area contributed by atoms with Crippen molar-refractivity contribution in [2.24, 2.45) is 5.10 Å². The van der Waals surface area contributed by atoms with Crippen molar-refractivity contribution in [3.63, 3.8) is 0 Å². The highest BCUT2D eigenvalue weighted by atomic mass is 35.5. The van der Waals surface area contributed by atoms with Gasteiger partial charge in [-0.1, -0.05) is 72.8 Å². The first kappa shape index (κ1) is 25.8. The summed E-state index contributed by atoms with van der Waals surface area (Å²) in [4.78, 5) is 0. The zero-order chi connectivity index (χ0) is 25.2. The van der Waals surface area contributed by atoms with Crippen molar-refractivity contribution in [2.45, 2.75) is 44.2 Å². The van der Waals surface area contributed by atoms with Crippen LogP contribution in [0.3, 0.4) is 0 Å². The van der Waals surface area contributed by atoms with Crippen LogP contribution < -0.4 is 9.47 Å². The Kier molecular flexibility index (Phi) is 9.41. The van der Waals surface area contributed by atoms with E-state index < -0.39 is 0 Å². The summed E-state index contributed by atoms with van der Waals surface area (Å²) in [6.07, 6.45) is 3.55. The molecule has 0 unspecified atom stereocenters. The number of benzene rings is 3. The van der Waals surface area contributed by atoms with E-state index in [1.165, 1.54) is 0 Å². The molecule has 1 heterocycles. The third-order valence-electron chi connectivity index (χ3n) is 5.26. The first-order valence-electron chi connectivity index (χ1n) is 12.0. The predicted octanol–water partition coefficient (Wildman–Crippen LogP) is 7.04. The molecular formula is C28H29ClN4O2S. The molecule has 4 aromatic rings. The monoisotopic (exact) mass is 520 g/mol. The van der Waals surface area contributed by atoms with Crippen molar-refractivity contribution in [3.8, 4) is 11.5 Å². The smallest absolute Gasteiger partial charge is 0.212 e. The molecule has 0 radical (unpaired) electrons. The summed E-state index contributed by atoms with van der Waals surface area (Å²) < 4.78 is 13.7. The van der Waals surface area contributed by atoms with Gasteiger partial charge in [0.1, 0.15) is 6.61 Å². The number of hydrogen-bond donors (Lipinski definition) is 0. The van der Waals surface area contributed by atoms with Crippen molar-refractivity contribution < 1.29 is 9.47 Å². The number of aryl methyl sites for hydroxylation is 1. The SMILES string of the molecule is CCCc1nnc(SCc2ccc(Cl)cc2)n1/N=C\c1ccc(OCc2ccccc2)c(OCC)c1. The Morgan fingerprint density at radius 1 is 0.917 bits per heavy atom. The quantitative estimate of drug-likeness (QED) is 0.148. The number of hydrogen-bond acceptors (Lipinski definition) is 6. The fourth-order valence-electron chi connectivity index (χ4n) is 3.46. The first-order valence-corrected chi connectivity index (χ1v) is 13.3. The number of aromatic nitrogens is 3. The molecule has 0 amide bonds. The minimum atomic E-state index is 0.476. The number of nitrogens with zero attached hydrogens (tertiary/aromatic N) is 4. The molecule has 0 aliphatic rings. The lowest BCUT2D eigenvalue weighted by molar-refractivity contribution is 0.269. The highest BCUT2D eigenvalue weighted by Crippen LogP contribution is 2.29. The second-order valence-corrected chi connectivity index (χ2v) is 9.41.